The molecule has 108 valence electrons. The smallest absolute Gasteiger partial charge is 0.251 e. The van der Waals surface area contributed by atoms with E-state index in [2.05, 4.69) is 10.6 Å². The zero-order valence-electron chi connectivity index (χ0n) is 11.3. The second-order valence-corrected chi connectivity index (χ2v) is 3.73. The number of methoxy groups -OCH3 is 1. The van der Waals surface area contributed by atoms with Gasteiger partial charge in [0.1, 0.15) is 12.4 Å². The Balaban J connectivity index is 0.00000324. The standard InChI is InChI=1S/C13H20N2O3.ClH/c1-14-7-8-15-13(16)11-3-5-12(6-4-11)18-10-9-17-2;/h3-6,14H,7-10H2,1-2H3,(H,15,16);1H. The number of likely N-dealkylation sites (N-methyl/N-ethyl adjacent to an activating group) is 1. The molecule has 0 heterocycles. The Kier molecular flexibility index (Phi) is 9.88. The Bertz CT molecular complexity index is 357. The van der Waals surface area contributed by atoms with Crippen molar-refractivity contribution in [2.24, 2.45) is 0 Å². The molecule has 0 saturated carbocycles. The monoisotopic (exact) mass is 288 g/mol. The molecule has 0 aromatic heterocycles. The summed E-state index contributed by atoms with van der Waals surface area (Å²) in [4.78, 5) is 11.7. The lowest BCUT2D eigenvalue weighted by molar-refractivity contribution is 0.0954. The average molecular weight is 289 g/mol. The maximum Gasteiger partial charge on any atom is 0.251 e. The molecule has 0 spiro atoms. The van der Waals surface area contributed by atoms with E-state index in [-0.39, 0.29) is 18.3 Å². The Morgan fingerprint density at radius 1 is 1.16 bits per heavy atom. The number of hydrogen-bond acceptors (Lipinski definition) is 4. The summed E-state index contributed by atoms with van der Waals surface area (Å²) >= 11 is 0. The largest absolute Gasteiger partial charge is 0.491 e. The zero-order chi connectivity index (χ0) is 13.2. The predicted octanol–water partition coefficient (Wildman–Crippen LogP) is 1.08. The second kappa shape index (κ2) is 10.6. The Labute approximate surface area is 120 Å². The molecular formula is C13H21ClN2O3. The lowest BCUT2D eigenvalue weighted by Gasteiger charge is -2.07. The van der Waals surface area contributed by atoms with Crippen LogP contribution in [0, 0.1) is 0 Å². The first-order valence-corrected chi connectivity index (χ1v) is 5.92. The lowest BCUT2D eigenvalue weighted by Crippen LogP contribution is -2.30. The summed E-state index contributed by atoms with van der Waals surface area (Å²) in [7, 11) is 3.47. The molecule has 0 aliphatic heterocycles. The van der Waals surface area contributed by atoms with E-state index >= 15 is 0 Å². The maximum atomic E-state index is 11.7. The minimum Gasteiger partial charge on any atom is -0.491 e. The normalized spacial score (nSPS) is 9.58. The quantitative estimate of drug-likeness (QED) is 0.703. The number of carbonyl (C=O) groups excluding carboxylic acids is 1. The average Bonchev–Trinajstić information content (AvgIpc) is 2.40. The van der Waals surface area contributed by atoms with Crippen molar-refractivity contribution in [2.45, 2.75) is 0 Å². The van der Waals surface area contributed by atoms with Crippen LogP contribution in [0.1, 0.15) is 10.4 Å². The van der Waals surface area contributed by atoms with Gasteiger partial charge in [-0.25, -0.2) is 0 Å². The van der Waals surface area contributed by atoms with E-state index in [1.807, 2.05) is 7.05 Å². The molecule has 0 bridgehead atoms. The summed E-state index contributed by atoms with van der Waals surface area (Å²) in [6.45, 7) is 2.42. The number of carbonyl (C=O) groups is 1. The number of nitrogens with one attached hydrogen (secondary N) is 2. The van der Waals surface area contributed by atoms with Gasteiger partial charge in [-0.2, -0.15) is 0 Å². The third-order valence-electron chi connectivity index (χ3n) is 2.33. The van der Waals surface area contributed by atoms with Gasteiger partial charge in [0.05, 0.1) is 6.61 Å². The van der Waals surface area contributed by atoms with E-state index in [0.29, 0.717) is 25.3 Å². The summed E-state index contributed by atoms with van der Waals surface area (Å²) < 4.78 is 10.3. The van der Waals surface area contributed by atoms with Gasteiger partial charge in [-0.05, 0) is 31.3 Å². The molecule has 0 unspecified atom stereocenters. The SMILES string of the molecule is CNCCNC(=O)c1ccc(OCCOC)cc1.Cl. The summed E-state index contributed by atoms with van der Waals surface area (Å²) in [6.07, 6.45) is 0. The molecule has 6 heteroatoms. The third-order valence-corrected chi connectivity index (χ3v) is 2.33. The van der Waals surface area contributed by atoms with Crippen LogP contribution in [0.25, 0.3) is 0 Å². The van der Waals surface area contributed by atoms with Crippen molar-refractivity contribution >= 4 is 18.3 Å². The van der Waals surface area contributed by atoms with Crippen LogP contribution >= 0.6 is 12.4 Å². The van der Waals surface area contributed by atoms with Gasteiger partial charge >= 0.3 is 0 Å². The van der Waals surface area contributed by atoms with Gasteiger partial charge in [0.2, 0.25) is 0 Å². The van der Waals surface area contributed by atoms with E-state index in [0.717, 1.165) is 12.3 Å². The second-order valence-electron chi connectivity index (χ2n) is 3.73. The molecule has 0 fully saturated rings. The van der Waals surface area contributed by atoms with Crippen LogP contribution in [0.2, 0.25) is 0 Å². The molecule has 0 radical (unpaired) electrons. The molecular weight excluding hydrogens is 268 g/mol. The van der Waals surface area contributed by atoms with Crippen LogP contribution in [0.15, 0.2) is 24.3 Å². The molecule has 19 heavy (non-hydrogen) atoms. The van der Waals surface area contributed by atoms with Gasteiger partial charge < -0.3 is 20.1 Å². The number of rotatable bonds is 8. The highest BCUT2D eigenvalue weighted by Gasteiger charge is 2.04. The summed E-state index contributed by atoms with van der Waals surface area (Å²) in [5.74, 6) is 0.660. The number of benzene rings is 1. The molecule has 1 rings (SSSR count). The van der Waals surface area contributed by atoms with Gasteiger partial charge in [-0.3, -0.25) is 4.79 Å². The molecule has 1 amide bonds. The van der Waals surface area contributed by atoms with Crippen LogP contribution in [0.3, 0.4) is 0 Å². The van der Waals surface area contributed by atoms with E-state index in [4.69, 9.17) is 9.47 Å². The predicted molar refractivity (Wildman–Crippen MR) is 77.3 cm³/mol. The highest BCUT2D eigenvalue weighted by Crippen LogP contribution is 2.11. The Morgan fingerprint density at radius 2 is 1.84 bits per heavy atom. The topological polar surface area (TPSA) is 59.6 Å². The molecule has 1 aromatic rings. The van der Waals surface area contributed by atoms with Crippen LogP contribution in [-0.2, 0) is 4.74 Å². The summed E-state index contributed by atoms with van der Waals surface area (Å²) in [5, 5.41) is 5.78. The fourth-order valence-electron chi connectivity index (χ4n) is 1.35. The van der Waals surface area contributed by atoms with Crippen molar-refractivity contribution in [2.75, 3.05) is 40.5 Å². The van der Waals surface area contributed by atoms with E-state index in [1.54, 1.807) is 31.4 Å². The van der Waals surface area contributed by atoms with Crippen LogP contribution in [-0.4, -0.2) is 46.4 Å². The fraction of sp³-hybridized carbons (Fsp3) is 0.462. The minimum atomic E-state index is -0.0753. The molecule has 0 saturated heterocycles. The minimum absolute atomic E-state index is 0. The Morgan fingerprint density at radius 3 is 2.42 bits per heavy atom. The van der Waals surface area contributed by atoms with Gasteiger partial charge in [0, 0.05) is 25.8 Å². The van der Waals surface area contributed by atoms with Crippen molar-refractivity contribution < 1.29 is 14.3 Å². The van der Waals surface area contributed by atoms with Crippen LogP contribution < -0.4 is 15.4 Å². The molecule has 0 aliphatic carbocycles. The van der Waals surface area contributed by atoms with E-state index < -0.39 is 0 Å². The van der Waals surface area contributed by atoms with Crippen molar-refractivity contribution in [3.63, 3.8) is 0 Å². The molecule has 0 aliphatic rings. The third kappa shape index (κ3) is 7.00. The number of hydrogen-bond donors (Lipinski definition) is 2. The number of ether oxygens (including phenoxy) is 2. The van der Waals surface area contributed by atoms with Crippen LogP contribution in [0.5, 0.6) is 5.75 Å². The first-order chi connectivity index (χ1) is 8.77. The lowest BCUT2D eigenvalue weighted by atomic mass is 10.2. The van der Waals surface area contributed by atoms with Crippen molar-refractivity contribution in [1.29, 1.82) is 0 Å². The fourth-order valence-corrected chi connectivity index (χ4v) is 1.35. The van der Waals surface area contributed by atoms with Gasteiger partial charge in [-0.15, -0.1) is 12.4 Å². The summed E-state index contributed by atoms with van der Waals surface area (Å²) in [6, 6.07) is 7.05. The molecule has 5 nitrogen and oxygen atoms in total. The maximum absolute atomic E-state index is 11.7. The van der Waals surface area contributed by atoms with Crippen molar-refractivity contribution in [3.8, 4) is 5.75 Å². The van der Waals surface area contributed by atoms with Crippen molar-refractivity contribution in [3.05, 3.63) is 29.8 Å². The van der Waals surface area contributed by atoms with E-state index in [9.17, 15) is 4.79 Å². The first-order valence-electron chi connectivity index (χ1n) is 5.92. The van der Waals surface area contributed by atoms with Crippen LogP contribution in [0.4, 0.5) is 0 Å². The zero-order valence-corrected chi connectivity index (χ0v) is 12.1. The van der Waals surface area contributed by atoms with Gasteiger partial charge in [0.15, 0.2) is 0 Å². The number of amides is 1. The van der Waals surface area contributed by atoms with Gasteiger partial charge in [-0.1, -0.05) is 0 Å². The highest BCUT2D eigenvalue weighted by molar-refractivity contribution is 5.94. The molecule has 1 aromatic carbocycles. The first kappa shape index (κ1) is 17.7. The Hall–Kier alpha value is -1.30. The van der Waals surface area contributed by atoms with Crippen molar-refractivity contribution in [1.82, 2.24) is 10.6 Å². The number of halogens is 1. The molecule has 2 N–H and O–H groups in total. The highest BCUT2D eigenvalue weighted by atomic mass is 35.5. The van der Waals surface area contributed by atoms with Gasteiger partial charge in [0.25, 0.3) is 5.91 Å². The molecule has 0 atom stereocenters. The van der Waals surface area contributed by atoms with E-state index in [1.165, 1.54) is 0 Å². The summed E-state index contributed by atoms with van der Waals surface area (Å²) in [5.41, 5.74) is 0.630.